The fourth-order valence-electron chi connectivity index (χ4n) is 1.15. The van der Waals surface area contributed by atoms with Gasteiger partial charge in [0.15, 0.2) is 0 Å². The zero-order valence-corrected chi connectivity index (χ0v) is 8.83. The lowest BCUT2D eigenvalue weighted by atomic mass is 10.4. The van der Waals surface area contributed by atoms with Crippen molar-refractivity contribution in [2.45, 2.75) is 20.3 Å². The van der Waals surface area contributed by atoms with Gasteiger partial charge in [-0.15, -0.1) is 0 Å². The standard InChI is InChI=1S/C11H14N2O2/c1-3-5-7-9-11(15)12-8(6-4-2)10(14)13-9/h3,5-7H,4H2,1-2H3,(H,12,15)(H,13,14). The Morgan fingerprint density at radius 2 is 1.73 bits per heavy atom. The highest BCUT2D eigenvalue weighted by Gasteiger charge is 1.92. The van der Waals surface area contributed by atoms with Crippen LogP contribution in [0.25, 0.3) is 12.2 Å². The molecule has 0 aromatic carbocycles. The molecule has 0 saturated heterocycles. The number of rotatable bonds is 2. The maximum Gasteiger partial charge on any atom is 0.272 e. The van der Waals surface area contributed by atoms with Crippen molar-refractivity contribution in [3.8, 4) is 0 Å². The number of allylic oxidation sites excluding steroid dienone is 2. The molecule has 0 spiro atoms. The first-order chi connectivity index (χ1) is 7.19. The summed E-state index contributed by atoms with van der Waals surface area (Å²) in [5, 5.41) is 0.589. The first kappa shape index (κ1) is 11.2. The van der Waals surface area contributed by atoms with Crippen LogP contribution in [-0.2, 0) is 0 Å². The van der Waals surface area contributed by atoms with Gasteiger partial charge in [0.05, 0.1) is 0 Å². The topological polar surface area (TPSA) is 65.7 Å². The molecule has 0 atom stereocenters. The third-order valence-electron chi connectivity index (χ3n) is 1.85. The van der Waals surface area contributed by atoms with Crippen LogP contribution < -0.4 is 21.8 Å². The van der Waals surface area contributed by atoms with Crippen molar-refractivity contribution in [2.75, 3.05) is 0 Å². The SMILES string of the molecule is CC=CC=c1[nH]c(=O)c(=CCC)[nH]c1=O. The normalized spacial score (nSPS) is 14.0. The second-order valence-corrected chi connectivity index (χ2v) is 3.04. The molecule has 80 valence electrons. The van der Waals surface area contributed by atoms with E-state index in [9.17, 15) is 9.59 Å². The van der Waals surface area contributed by atoms with Crippen molar-refractivity contribution < 1.29 is 0 Å². The van der Waals surface area contributed by atoms with E-state index in [-0.39, 0.29) is 16.5 Å². The monoisotopic (exact) mass is 206 g/mol. The summed E-state index contributed by atoms with van der Waals surface area (Å²) >= 11 is 0. The van der Waals surface area contributed by atoms with Crippen LogP contribution in [0.15, 0.2) is 21.7 Å². The molecule has 1 heterocycles. The number of hydrogen-bond acceptors (Lipinski definition) is 2. The molecular formula is C11H14N2O2. The summed E-state index contributed by atoms with van der Waals surface area (Å²) in [6.07, 6.45) is 7.43. The van der Waals surface area contributed by atoms with E-state index >= 15 is 0 Å². The van der Waals surface area contributed by atoms with E-state index in [1.165, 1.54) is 0 Å². The van der Waals surface area contributed by atoms with Crippen molar-refractivity contribution in [3.63, 3.8) is 0 Å². The molecule has 0 amide bonds. The number of aromatic nitrogens is 2. The fraction of sp³-hybridized carbons (Fsp3) is 0.273. The Morgan fingerprint density at radius 3 is 2.33 bits per heavy atom. The average Bonchev–Trinajstić information content (AvgIpc) is 2.21. The van der Waals surface area contributed by atoms with Crippen molar-refractivity contribution in [1.29, 1.82) is 0 Å². The number of aromatic amines is 2. The molecule has 0 unspecified atom stereocenters. The van der Waals surface area contributed by atoms with Gasteiger partial charge in [-0.1, -0.05) is 25.2 Å². The Kier molecular flexibility index (Phi) is 3.85. The zero-order valence-electron chi connectivity index (χ0n) is 8.83. The maximum absolute atomic E-state index is 11.5. The molecule has 15 heavy (non-hydrogen) atoms. The van der Waals surface area contributed by atoms with E-state index in [1.54, 1.807) is 24.3 Å². The minimum absolute atomic E-state index is 0.270. The lowest BCUT2D eigenvalue weighted by molar-refractivity contribution is 0.996. The predicted molar refractivity (Wildman–Crippen MR) is 61.0 cm³/mol. The van der Waals surface area contributed by atoms with Crippen LogP contribution in [0.2, 0.25) is 0 Å². The Balaban J connectivity index is 3.53. The van der Waals surface area contributed by atoms with Crippen LogP contribution in [0, 0.1) is 0 Å². The van der Waals surface area contributed by atoms with E-state index in [1.807, 2.05) is 13.8 Å². The zero-order chi connectivity index (χ0) is 11.3. The molecule has 0 aliphatic carbocycles. The first-order valence-corrected chi connectivity index (χ1v) is 4.84. The van der Waals surface area contributed by atoms with E-state index in [4.69, 9.17) is 0 Å². The summed E-state index contributed by atoms with van der Waals surface area (Å²) in [7, 11) is 0. The predicted octanol–water partition coefficient (Wildman–Crippen LogP) is -0.390. The smallest absolute Gasteiger partial charge is 0.272 e. The number of hydrogen-bond donors (Lipinski definition) is 2. The molecule has 0 aliphatic heterocycles. The van der Waals surface area contributed by atoms with Gasteiger partial charge >= 0.3 is 0 Å². The fourth-order valence-corrected chi connectivity index (χ4v) is 1.15. The molecular weight excluding hydrogens is 192 g/mol. The summed E-state index contributed by atoms with van der Waals surface area (Å²) in [6.45, 7) is 3.74. The summed E-state index contributed by atoms with van der Waals surface area (Å²) in [5.74, 6) is 0. The molecule has 0 bridgehead atoms. The molecule has 1 rings (SSSR count). The van der Waals surface area contributed by atoms with Gasteiger partial charge in [0.2, 0.25) is 0 Å². The van der Waals surface area contributed by atoms with Gasteiger partial charge < -0.3 is 9.97 Å². The van der Waals surface area contributed by atoms with Crippen molar-refractivity contribution >= 4 is 12.2 Å². The summed E-state index contributed by atoms with van der Waals surface area (Å²) in [5.41, 5.74) is -0.556. The first-order valence-electron chi connectivity index (χ1n) is 4.84. The second-order valence-electron chi connectivity index (χ2n) is 3.04. The summed E-state index contributed by atoms with van der Waals surface area (Å²) in [6, 6.07) is 0. The molecule has 1 aromatic heterocycles. The average molecular weight is 206 g/mol. The minimum Gasteiger partial charge on any atom is -0.316 e. The van der Waals surface area contributed by atoms with Gasteiger partial charge in [0, 0.05) is 0 Å². The van der Waals surface area contributed by atoms with Gasteiger partial charge in [-0.25, -0.2) is 0 Å². The Morgan fingerprint density at radius 1 is 1.13 bits per heavy atom. The summed E-state index contributed by atoms with van der Waals surface area (Å²) < 4.78 is 0. The van der Waals surface area contributed by atoms with Crippen LogP contribution in [-0.4, -0.2) is 9.97 Å². The van der Waals surface area contributed by atoms with E-state index in [0.29, 0.717) is 11.8 Å². The lowest BCUT2D eigenvalue weighted by Gasteiger charge is -1.88. The largest absolute Gasteiger partial charge is 0.316 e. The van der Waals surface area contributed by atoms with Gasteiger partial charge in [-0.05, 0) is 19.4 Å². The third kappa shape index (κ3) is 2.80. The van der Waals surface area contributed by atoms with E-state index in [2.05, 4.69) is 9.97 Å². The van der Waals surface area contributed by atoms with Crippen molar-refractivity contribution in [2.24, 2.45) is 0 Å². The highest BCUT2D eigenvalue weighted by molar-refractivity contribution is 5.32. The molecule has 0 radical (unpaired) electrons. The van der Waals surface area contributed by atoms with Crippen molar-refractivity contribution in [3.05, 3.63) is 43.6 Å². The lowest BCUT2D eigenvalue weighted by Crippen LogP contribution is -2.46. The summed E-state index contributed by atoms with van der Waals surface area (Å²) in [4.78, 5) is 28.0. The molecule has 1 aromatic rings. The molecule has 4 nitrogen and oxygen atoms in total. The van der Waals surface area contributed by atoms with Crippen LogP contribution in [0.1, 0.15) is 20.3 Å². The van der Waals surface area contributed by atoms with Crippen molar-refractivity contribution in [1.82, 2.24) is 9.97 Å². The maximum atomic E-state index is 11.5. The van der Waals surface area contributed by atoms with E-state index < -0.39 is 0 Å². The van der Waals surface area contributed by atoms with Crippen LogP contribution in [0.4, 0.5) is 0 Å². The molecule has 0 fully saturated rings. The van der Waals surface area contributed by atoms with Gasteiger partial charge in [-0.2, -0.15) is 0 Å². The molecule has 0 aliphatic rings. The highest BCUT2D eigenvalue weighted by atomic mass is 16.1. The Labute approximate surface area is 86.7 Å². The Bertz CT molecular complexity index is 576. The molecule has 2 N–H and O–H groups in total. The number of H-pyrrole nitrogens is 2. The Hall–Kier alpha value is -1.84. The highest BCUT2D eigenvalue weighted by Crippen LogP contribution is 1.70. The quantitative estimate of drug-likeness (QED) is 0.692. The van der Waals surface area contributed by atoms with Gasteiger partial charge in [-0.3, -0.25) is 9.59 Å². The van der Waals surface area contributed by atoms with Crippen LogP contribution in [0.3, 0.4) is 0 Å². The number of nitrogens with one attached hydrogen (secondary N) is 2. The second kappa shape index (κ2) is 5.14. The van der Waals surface area contributed by atoms with Crippen LogP contribution >= 0.6 is 0 Å². The van der Waals surface area contributed by atoms with Crippen LogP contribution in [0.5, 0.6) is 0 Å². The van der Waals surface area contributed by atoms with Gasteiger partial charge in [0.1, 0.15) is 10.7 Å². The minimum atomic E-state index is -0.285. The van der Waals surface area contributed by atoms with Gasteiger partial charge in [0.25, 0.3) is 11.1 Å². The molecule has 0 saturated carbocycles. The van der Waals surface area contributed by atoms with E-state index in [0.717, 1.165) is 0 Å². The molecule has 4 heteroatoms. The third-order valence-corrected chi connectivity index (χ3v) is 1.85.